The Labute approximate surface area is 102 Å². The van der Waals surface area contributed by atoms with Gasteiger partial charge in [-0.2, -0.15) is 5.10 Å². The Bertz CT molecular complexity index is 372. The summed E-state index contributed by atoms with van der Waals surface area (Å²) in [5.41, 5.74) is 6.22. The van der Waals surface area contributed by atoms with Gasteiger partial charge >= 0.3 is 0 Å². The van der Waals surface area contributed by atoms with Gasteiger partial charge in [0.1, 0.15) is 5.69 Å². The summed E-state index contributed by atoms with van der Waals surface area (Å²) >= 11 is 0. The van der Waals surface area contributed by atoms with E-state index in [1.165, 1.54) is 0 Å². The normalized spacial score (nSPS) is 12.5. The van der Waals surface area contributed by atoms with Crippen LogP contribution in [0.1, 0.15) is 43.6 Å². The number of Topliss-reactive ketones (excluding diaryl/α,β-unsaturated/α-hetero) is 1. The number of ketones is 1. The number of carbonyl (C=O) groups is 1. The van der Waals surface area contributed by atoms with Crippen LogP contribution in [0, 0.1) is 0 Å². The number of methoxy groups -OCH3 is 1. The lowest BCUT2D eigenvalue weighted by Gasteiger charge is -2.08. The molecule has 0 spiro atoms. The topological polar surface area (TPSA) is 70.1 Å². The van der Waals surface area contributed by atoms with Crippen LogP contribution in [0.25, 0.3) is 0 Å². The predicted molar refractivity (Wildman–Crippen MR) is 66.3 cm³/mol. The fraction of sp³-hybridized carbons (Fsp3) is 0.667. The average Bonchev–Trinajstić information content (AvgIpc) is 2.69. The Morgan fingerprint density at radius 3 is 2.88 bits per heavy atom. The van der Waals surface area contributed by atoms with Gasteiger partial charge in [-0.15, -0.1) is 0 Å². The highest BCUT2D eigenvalue weighted by atomic mass is 16.5. The molecule has 1 atom stereocenters. The molecule has 0 aromatic carbocycles. The van der Waals surface area contributed by atoms with E-state index in [9.17, 15) is 4.79 Å². The van der Waals surface area contributed by atoms with E-state index in [2.05, 4.69) is 5.10 Å². The molecule has 5 heteroatoms. The van der Waals surface area contributed by atoms with Crippen molar-refractivity contribution in [2.24, 2.45) is 5.73 Å². The quantitative estimate of drug-likeness (QED) is 0.734. The van der Waals surface area contributed by atoms with E-state index < -0.39 is 0 Å². The number of hydrogen-bond donors (Lipinski definition) is 1. The molecule has 17 heavy (non-hydrogen) atoms. The summed E-state index contributed by atoms with van der Waals surface area (Å²) in [6.07, 6.45) is 3.63. The molecule has 1 aromatic rings. The smallest absolute Gasteiger partial charge is 0.184 e. The number of rotatable bonds is 7. The summed E-state index contributed by atoms with van der Waals surface area (Å²) in [6.45, 7) is 4.67. The summed E-state index contributed by atoms with van der Waals surface area (Å²) in [5.74, 6) is 0.596. The third-order valence-electron chi connectivity index (χ3n) is 2.55. The van der Waals surface area contributed by atoms with Crippen molar-refractivity contribution in [1.82, 2.24) is 9.78 Å². The molecule has 2 N–H and O–H groups in total. The molecule has 96 valence electrons. The van der Waals surface area contributed by atoms with Gasteiger partial charge in [-0.05, 0) is 19.8 Å². The van der Waals surface area contributed by atoms with E-state index in [-0.39, 0.29) is 11.8 Å². The second-order valence-corrected chi connectivity index (χ2v) is 4.22. The molecule has 1 aromatic heterocycles. The standard InChI is InChI=1S/C12H21N3O2/c1-4-7-15-12(11(17-3)8-14-15)10(16)6-5-9(2)13/h8-9H,4-7,13H2,1-3H3. The SMILES string of the molecule is CCCn1ncc(OC)c1C(=O)CCC(C)N. The summed E-state index contributed by atoms with van der Waals surface area (Å²) in [6, 6.07) is 0.0347. The number of carbonyl (C=O) groups excluding carboxylic acids is 1. The van der Waals surface area contributed by atoms with E-state index in [1.807, 2.05) is 13.8 Å². The number of aryl methyl sites for hydroxylation is 1. The molecule has 0 aliphatic rings. The molecule has 1 unspecified atom stereocenters. The second kappa shape index (κ2) is 6.39. The highest BCUT2D eigenvalue weighted by Crippen LogP contribution is 2.20. The number of aromatic nitrogens is 2. The van der Waals surface area contributed by atoms with E-state index in [1.54, 1.807) is 18.0 Å². The molecular formula is C12H21N3O2. The lowest BCUT2D eigenvalue weighted by atomic mass is 10.1. The number of nitrogens with two attached hydrogens (primary N) is 1. The van der Waals surface area contributed by atoms with Crippen LogP contribution < -0.4 is 10.5 Å². The summed E-state index contributed by atoms with van der Waals surface area (Å²) in [4.78, 5) is 12.1. The zero-order valence-electron chi connectivity index (χ0n) is 10.8. The minimum atomic E-state index is 0.0347. The zero-order chi connectivity index (χ0) is 12.8. The first-order valence-electron chi connectivity index (χ1n) is 5.98. The van der Waals surface area contributed by atoms with Gasteiger partial charge < -0.3 is 10.5 Å². The van der Waals surface area contributed by atoms with E-state index in [0.717, 1.165) is 13.0 Å². The van der Waals surface area contributed by atoms with E-state index in [0.29, 0.717) is 24.3 Å². The first-order chi connectivity index (χ1) is 8.10. The minimum Gasteiger partial charge on any atom is -0.493 e. The van der Waals surface area contributed by atoms with Crippen LogP contribution in [0.4, 0.5) is 0 Å². The molecule has 0 radical (unpaired) electrons. The Hall–Kier alpha value is -1.36. The van der Waals surface area contributed by atoms with E-state index in [4.69, 9.17) is 10.5 Å². The molecule has 0 bridgehead atoms. The van der Waals surface area contributed by atoms with Crippen LogP contribution in [0.15, 0.2) is 6.20 Å². The maximum absolute atomic E-state index is 12.1. The van der Waals surface area contributed by atoms with Crippen molar-refractivity contribution in [1.29, 1.82) is 0 Å². The zero-order valence-corrected chi connectivity index (χ0v) is 10.8. The van der Waals surface area contributed by atoms with Gasteiger partial charge in [-0.1, -0.05) is 6.92 Å². The predicted octanol–water partition coefficient (Wildman–Crippen LogP) is 1.61. The first kappa shape index (κ1) is 13.7. The lowest BCUT2D eigenvalue weighted by Crippen LogP contribution is -2.18. The molecule has 0 aliphatic heterocycles. The summed E-state index contributed by atoms with van der Waals surface area (Å²) in [7, 11) is 1.55. The summed E-state index contributed by atoms with van der Waals surface area (Å²) in [5, 5.41) is 4.16. The second-order valence-electron chi connectivity index (χ2n) is 4.22. The molecule has 0 saturated heterocycles. The maximum atomic E-state index is 12.1. The van der Waals surface area contributed by atoms with Crippen molar-refractivity contribution < 1.29 is 9.53 Å². The average molecular weight is 239 g/mol. The van der Waals surface area contributed by atoms with Crippen LogP contribution in [-0.2, 0) is 6.54 Å². The molecule has 0 amide bonds. The minimum absolute atomic E-state index is 0.0347. The van der Waals surface area contributed by atoms with Gasteiger partial charge in [0.05, 0.1) is 13.3 Å². The molecule has 0 saturated carbocycles. The molecular weight excluding hydrogens is 218 g/mol. The van der Waals surface area contributed by atoms with Gasteiger partial charge in [-0.3, -0.25) is 9.48 Å². The van der Waals surface area contributed by atoms with Crippen molar-refractivity contribution in [2.75, 3.05) is 7.11 Å². The van der Waals surface area contributed by atoms with Crippen LogP contribution >= 0.6 is 0 Å². The van der Waals surface area contributed by atoms with Crippen molar-refractivity contribution in [3.05, 3.63) is 11.9 Å². The van der Waals surface area contributed by atoms with Crippen LogP contribution in [0.5, 0.6) is 5.75 Å². The Balaban J connectivity index is 2.85. The fourth-order valence-corrected chi connectivity index (χ4v) is 1.66. The first-order valence-corrected chi connectivity index (χ1v) is 5.98. The van der Waals surface area contributed by atoms with Gasteiger partial charge in [0.2, 0.25) is 0 Å². The Morgan fingerprint density at radius 1 is 1.65 bits per heavy atom. The monoisotopic (exact) mass is 239 g/mol. The number of ether oxygens (including phenoxy) is 1. The number of nitrogens with zero attached hydrogens (tertiary/aromatic N) is 2. The molecule has 1 heterocycles. The molecule has 5 nitrogen and oxygen atoms in total. The van der Waals surface area contributed by atoms with Gasteiger partial charge in [0.25, 0.3) is 0 Å². The van der Waals surface area contributed by atoms with E-state index >= 15 is 0 Å². The Morgan fingerprint density at radius 2 is 2.35 bits per heavy atom. The maximum Gasteiger partial charge on any atom is 0.184 e. The van der Waals surface area contributed by atoms with Crippen molar-refractivity contribution >= 4 is 5.78 Å². The van der Waals surface area contributed by atoms with Crippen molar-refractivity contribution in [3.8, 4) is 5.75 Å². The molecule has 0 aliphatic carbocycles. The summed E-state index contributed by atoms with van der Waals surface area (Å²) < 4.78 is 6.88. The van der Waals surface area contributed by atoms with Crippen LogP contribution in [0.3, 0.4) is 0 Å². The lowest BCUT2D eigenvalue weighted by molar-refractivity contribution is 0.0964. The highest BCUT2D eigenvalue weighted by molar-refractivity contribution is 5.97. The van der Waals surface area contributed by atoms with Crippen molar-refractivity contribution in [2.45, 2.75) is 45.7 Å². The largest absolute Gasteiger partial charge is 0.493 e. The number of hydrogen-bond acceptors (Lipinski definition) is 4. The highest BCUT2D eigenvalue weighted by Gasteiger charge is 2.18. The molecule has 0 fully saturated rings. The van der Waals surface area contributed by atoms with Gasteiger partial charge in [0, 0.05) is 19.0 Å². The van der Waals surface area contributed by atoms with Crippen molar-refractivity contribution in [3.63, 3.8) is 0 Å². The van der Waals surface area contributed by atoms with Crippen LogP contribution in [-0.4, -0.2) is 28.7 Å². The van der Waals surface area contributed by atoms with Gasteiger partial charge in [-0.25, -0.2) is 0 Å². The third-order valence-corrected chi connectivity index (χ3v) is 2.55. The third kappa shape index (κ3) is 3.56. The Kier molecular flexibility index (Phi) is 5.15. The van der Waals surface area contributed by atoms with Gasteiger partial charge in [0.15, 0.2) is 11.5 Å². The fourth-order valence-electron chi connectivity index (χ4n) is 1.66. The molecule has 1 rings (SSSR count). The van der Waals surface area contributed by atoms with Crippen LogP contribution in [0.2, 0.25) is 0 Å².